The van der Waals surface area contributed by atoms with E-state index in [9.17, 15) is 0 Å². The minimum absolute atomic E-state index is 0.289. The van der Waals surface area contributed by atoms with Crippen LogP contribution >= 0.6 is 0 Å². The van der Waals surface area contributed by atoms with Crippen LogP contribution < -0.4 is 0 Å². The van der Waals surface area contributed by atoms with Gasteiger partial charge in [-0.25, -0.2) is 0 Å². The zero-order valence-electron chi connectivity index (χ0n) is 29.9. The van der Waals surface area contributed by atoms with Gasteiger partial charge in [0.1, 0.15) is 11.3 Å². The number of allylic oxidation sites excluding steroid dienone is 11. The van der Waals surface area contributed by atoms with Crippen LogP contribution in [0, 0.1) is 17.8 Å². The highest BCUT2D eigenvalue weighted by molar-refractivity contribution is 5.93. The number of benzene rings is 5. The Bertz CT molecular complexity index is 2630. The Labute approximate surface area is 312 Å². The molecule has 53 heavy (non-hydrogen) atoms. The lowest BCUT2D eigenvalue weighted by atomic mass is 9.71. The Morgan fingerprint density at radius 3 is 2.49 bits per heavy atom. The summed E-state index contributed by atoms with van der Waals surface area (Å²) in [6, 6.07) is 39.0. The fourth-order valence-corrected chi connectivity index (χ4v) is 10.00. The first kappa shape index (κ1) is 30.9. The van der Waals surface area contributed by atoms with Crippen LogP contribution in [0.25, 0.3) is 44.7 Å². The molecule has 1 heteroatoms. The molecular weight excluding hydrogens is 641 g/mol. The number of furan rings is 1. The smallest absolute Gasteiger partial charge is 0.138 e. The van der Waals surface area contributed by atoms with Gasteiger partial charge in [0.25, 0.3) is 0 Å². The molecule has 256 valence electrons. The molecule has 0 amide bonds. The molecule has 0 saturated carbocycles. The van der Waals surface area contributed by atoms with Crippen LogP contribution in [-0.2, 0) is 12.8 Å². The zero-order chi connectivity index (χ0) is 34.9. The van der Waals surface area contributed by atoms with Crippen molar-refractivity contribution >= 4 is 33.4 Å². The van der Waals surface area contributed by atoms with Gasteiger partial charge in [-0.1, -0.05) is 152 Å². The Kier molecular flexibility index (Phi) is 7.29. The van der Waals surface area contributed by atoms with Crippen LogP contribution in [0.2, 0.25) is 0 Å². The van der Waals surface area contributed by atoms with E-state index in [0.29, 0.717) is 23.7 Å². The first-order chi connectivity index (χ1) is 26.2. The van der Waals surface area contributed by atoms with E-state index in [2.05, 4.69) is 164 Å². The van der Waals surface area contributed by atoms with Gasteiger partial charge in [0.2, 0.25) is 0 Å². The fraction of sp³-hybridized carbons (Fsp3) is 0.192. The van der Waals surface area contributed by atoms with Gasteiger partial charge in [-0.2, -0.15) is 0 Å². The van der Waals surface area contributed by atoms with Crippen LogP contribution in [-0.4, -0.2) is 0 Å². The molecule has 5 aliphatic carbocycles. The highest BCUT2D eigenvalue weighted by Gasteiger charge is 2.32. The number of rotatable bonds is 4. The van der Waals surface area contributed by atoms with Crippen molar-refractivity contribution in [3.8, 4) is 11.3 Å². The van der Waals surface area contributed by atoms with Crippen molar-refractivity contribution in [3.05, 3.63) is 202 Å². The molecule has 0 saturated heterocycles. The van der Waals surface area contributed by atoms with Crippen LogP contribution in [0.3, 0.4) is 0 Å². The molecule has 0 spiro atoms. The Balaban J connectivity index is 1.01. The van der Waals surface area contributed by atoms with E-state index >= 15 is 0 Å². The quantitative estimate of drug-likeness (QED) is 0.180. The number of fused-ring (bicyclic) bond motifs is 8. The maximum Gasteiger partial charge on any atom is 0.138 e. The van der Waals surface area contributed by atoms with Gasteiger partial charge < -0.3 is 4.42 Å². The summed E-state index contributed by atoms with van der Waals surface area (Å²) in [7, 11) is 0. The SMILES string of the molecule is C1=CC2C=CC(C3CC(c4ccc5oc6c(c5c4)CC(c4ccc5c(c4)C=CCC5)c4ccccc4-6)=CC(c4ccc5ccccc5c4)C3)=CC2C=C1. The summed E-state index contributed by atoms with van der Waals surface area (Å²) < 4.78 is 6.77. The molecule has 0 aliphatic heterocycles. The summed E-state index contributed by atoms with van der Waals surface area (Å²) in [6.07, 6.45) is 29.1. The summed E-state index contributed by atoms with van der Waals surface area (Å²) in [6.45, 7) is 0. The molecule has 5 atom stereocenters. The second kappa shape index (κ2) is 12.5. The topological polar surface area (TPSA) is 13.1 Å². The first-order valence-corrected chi connectivity index (χ1v) is 19.6. The molecule has 1 nitrogen and oxygen atoms in total. The number of hydrogen-bond donors (Lipinski definition) is 0. The van der Waals surface area contributed by atoms with Crippen LogP contribution in [0.1, 0.15) is 70.0 Å². The molecule has 5 aromatic carbocycles. The van der Waals surface area contributed by atoms with Crippen molar-refractivity contribution in [2.45, 2.75) is 43.9 Å². The van der Waals surface area contributed by atoms with Gasteiger partial charge in [0.15, 0.2) is 0 Å². The largest absolute Gasteiger partial charge is 0.456 e. The Morgan fingerprint density at radius 2 is 1.53 bits per heavy atom. The monoisotopic (exact) mass is 682 g/mol. The minimum Gasteiger partial charge on any atom is -0.456 e. The van der Waals surface area contributed by atoms with Gasteiger partial charge in [-0.3, -0.25) is 0 Å². The number of hydrogen-bond acceptors (Lipinski definition) is 1. The molecule has 0 radical (unpaired) electrons. The predicted molar refractivity (Wildman–Crippen MR) is 221 cm³/mol. The molecule has 0 N–H and O–H groups in total. The lowest BCUT2D eigenvalue weighted by Gasteiger charge is -2.33. The molecule has 5 unspecified atom stereocenters. The van der Waals surface area contributed by atoms with E-state index in [1.165, 1.54) is 71.8 Å². The summed E-state index contributed by atoms with van der Waals surface area (Å²) in [5.74, 6) is 3.05. The lowest BCUT2D eigenvalue weighted by Crippen LogP contribution is -2.19. The van der Waals surface area contributed by atoms with Gasteiger partial charge in [-0.05, 0) is 105 Å². The second-order valence-corrected chi connectivity index (χ2v) is 15.9. The van der Waals surface area contributed by atoms with Crippen LogP contribution in [0.5, 0.6) is 0 Å². The van der Waals surface area contributed by atoms with Crippen molar-refractivity contribution in [2.24, 2.45) is 17.8 Å². The number of aryl methyl sites for hydroxylation is 1. The van der Waals surface area contributed by atoms with Crippen molar-refractivity contribution in [1.29, 1.82) is 0 Å². The van der Waals surface area contributed by atoms with Gasteiger partial charge >= 0.3 is 0 Å². The van der Waals surface area contributed by atoms with E-state index in [0.717, 1.165) is 43.4 Å². The summed E-state index contributed by atoms with van der Waals surface area (Å²) in [4.78, 5) is 0. The summed E-state index contributed by atoms with van der Waals surface area (Å²) in [5, 5.41) is 3.88. The molecule has 1 heterocycles. The van der Waals surface area contributed by atoms with Gasteiger partial charge in [0.05, 0.1) is 0 Å². The van der Waals surface area contributed by atoms with E-state index in [1.807, 2.05) is 0 Å². The van der Waals surface area contributed by atoms with E-state index < -0.39 is 0 Å². The van der Waals surface area contributed by atoms with Crippen LogP contribution in [0.4, 0.5) is 0 Å². The second-order valence-electron chi connectivity index (χ2n) is 15.9. The van der Waals surface area contributed by atoms with Gasteiger partial charge in [-0.15, -0.1) is 0 Å². The normalized spacial score (nSPS) is 24.0. The highest BCUT2D eigenvalue weighted by atomic mass is 16.3. The molecule has 11 rings (SSSR count). The average Bonchev–Trinajstić information content (AvgIpc) is 3.61. The lowest BCUT2D eigenvalue weighted by molar-refractivity contribution is 0.516. The van der Waals surface area contributed by atoms with Crippen molar-refractivity contribution < 1.29 is 4.42 Å². The van der Waals surface area contributed by atoms with Crippen molar-refractivity contribution in [1.82, 2.24) is 0 Å². The fourth-order valence-electron chi connectivity index (χ4n) is 10.00. The molecule has 6 aromatic rings. The maximum atomic E-state index is 6.77. The predicted octanol–water partition coefficient (Wildman–Crippen LogP) is 13.3. The molecule has 5 aliphatic rings. The summed E-state index contributed by atoms with van der Waals surface area (Å²) in [5.41, 5.74) is 14.8. The zero-order valence-corrected chi connectivity index (χ0v) is 29.9. The Morgan fingerprint density at radius 1 is 0.660 bits per heavy atom. The average molecular weight is 683 g/mol. The third-order valence-electron chi connectivity index (χ3n) is 12.8. The van der Waals surface area contributed by atoms with Crippen molar-refractivity contribution in [3.63, 3.8) is 0 Å². The Hall–Kier alpha value is -5.66. The molecule has 1 aromatic heterocycles. The summed E-state index contributed by atoms with van der Waals surface area (Å²) >= 11 is 0. The van der Waals surface area contributed by atoms with Gasteiger partial charge in [0, 0.05) is 40.2 Å². The molecular formula is C52H42O. The highest BCUT2D eigenvalue weighted by Crippen LogP contribution is 2.49. The standard InChI is InChI=1S/C52H42O/c1-4-12-36-25-39(20-17-33(36)9-1)43-28-44(40-21-18-34-10-2-5-13-37(34)26-40)30-45(29-43)41-23-24-51-49(31-41)50-32-48(46-15-7-8-16-47(46)52(50)53-51)42-22-19-35-11-3-6-14-38(35)27-42/h1-2,4-10,12-27,29,31,34,37,43-44,48H,3,11,28,30,32H2. The maximum absolute atomic E-state index is 6.77. The third-order valence-corrected chi connectivity index (χ3v) is 12.8. The molecule has 0 bridgehead atoms. The van der Waals surface area contributed by atoms with Crippen molar-refractivity contribution in [2.75, 3.05) is 0 Å². The first-order valence-electron chi connectivity index (χ1n) is 19.6. The molecule has 0 fully saturated rings. The third kappa shape index (κ3) is 5.36. The minimum atomic E-state index is 0.289. The van der Waals surface area contributed by atoms with Crippen LogP contribution in [0.15, 0.2) is 168 Å². The van der Waals surface area contributed by atoms with E-state index in [4.69, 9.17) is 4.42 Å². The van der Waals surface area contributed by atoms with E-state index in [-0.39, 0.29) is 5.92 Å². The van der Waals surface area contributed by atoms with E-state index in [1.54, 1.807) is 0 Å².